The second kappa shape index (κ2) is 4.06. The first-order chi connectivity index (χ1) is 5.99. The zero-order valence-electron chi connectivity index (χ0n) is 7.32. The maximum atomic E-state index is 11.0. The average Bonchev–Trinajstić information content (AvgIpc) is 2.29. The van der Waals surface area contributed by atoms with E-state index < -0.39 is 15.7 Å². The first kappa shape index (κ1) is 10.5. The van der Waals surface area contributed by atoms with Crippen LogP contribution in [0.15, 0.2) is 0 Å². The molecule has 1 amide bonds. The van der Waals surface area contributed by atoms with Gasteiger partial charge in [-0.25, -0.2) is 8.42 Å². The lowest BCUT2D eigenvalue weighted by atomic mass is 10.1. The van der Waals surface area contributed by atoms with Crippen LogP contribution in [-0.4, -0.2) is 38.9 Å². The highest BCUT2D eigenvalue weighted by Gasteiger charge is 2.27. The van der Waals surface area contributed by atoms with Crippen LogP contribution in [0.2, 0.25) is 0 Å². The number of carbonyl (C=O) groups is 1. The summed E-state index contributed by atoms with van der Waals surface area (Å²) >= 11 is 0. The molecule has 1 atom stereocenters. The Kier molecular flexibility index (Phi) is 3.27. The van der Waals surface area contributed by atoms with Gasteiger partial charge in [0.2, 0.25) is 5.91 Å². The monoisotopic (exact) mass is 206 g/mol. The molecule has 1 heterocycles. The molecule has 1 aliphatic rings. The summed E-state index contributed by atoms with van der Waals surface area (Å²) in [5.41, 5.74) is 4.91. The van der Waals surface area contributed by atoms with Gasteiger partial charge in [-0.05, 0) is 18.9 Å². The second-order valence-corrected chi connectivity index (χ2v) is 5.59. The lowest BCUT2D eigenvalue weighted by Crippen LogP contribution is -2.32. The van der Waals surface area contributed by atoms with Gasteiger partial charge in [-0.3, -0.25) is 4.79 Å². The number of primary amides is 1. The van der Waals surface area contributed by atoms with Gasteiger partial charge in [0.05, 0.1) is 18.1 Å². The lowest BCUT2D eigenvalue weighted by Gasteiger charge is -2.06. The van der Waals surface area contributed by atoms with Crippen molar-refractivity contribution in [1.82, 2.24) is 5.32 Å². The SMILES string of the molecule is NC(=O)CNCC1CCS(=O)(=O)C1. The molecule has 0 radical (unpaired) electrons. The molecule has 0 saturated carbocycles. The number of rotatable bonds is 4. The third-order valence-electron chi connectivity index (χ3n) is 2.06. The Morgan fingerprint density at radius 3 is 2.69 bits per heavy atom. The largest absolute Gasteiger partial charge is 0.369 e. The van der Waals surface area contributed by atoms with Crippen molar-refractivity contribution in [1.29, 1.82) is 0 Å². The minimum Gasteiger partial charge on any atom is -0.369 e. The van der Waals surface area contributed by atoms with E-state index in [1.165, 1.54) is 0 Å². The van der Waals surface area contributed by atoms with Crippen molar-refractivity contribution in [3.8, 4) is 0 Å². The number of nitrogens with two attached hydrogens (primary N) is 1. The van der Waals surface area contributed by atoms with Crippen LogP contribution in [0.25, 0.3) is 0 Å². The molecule has 0 aromatic carbocycles. The van der Waals surface area contributed by atoms with Crippen molar-refractivity contribution >= 4 is 15.7 Å². The first-order valence-corrected chi connectivity index (χ1v) is 6.01. The Bertz CT molecular complexity index is 286. The standard InChI is InChI=1S/C7H14N2O3S/c8-7(10)4-9-3-6-1-2-13(11,12)5-6/h6,9H,1-5H2,(H2,8,10). The van der Waals surface area contributed by atoms with Crippen LogP contribution in [0.5, 0.6) is 0 Å². The predicted molar refractivity (Wildman–Crippen MR) is 48.8 cm³/mol. The maximum absolute atomic E-state index is 11.0. The highest BCUT2D eigenvalue weighted by molar-refractivity contribution is 7.91. The molecule has 3 N–H and O–H groups in total. The molecular weight excluding hydrogens is 192 g/mol. The molecule has 1 fully saturated rings. The van der Waals surface area contributed by atoms with Gasteiger partial charge < -0.3 is 11.1 Å². The van der Waals surface area contributed by atoms with Crippen molar-refractivity contribution in [3.05, 3.63) is 0 Å². The molecule has 0 bridgehead atoms. The van der Waals surface area contributed by atoms with Crippen LogP contribution in [0.4, 0.5) is 0 Å². The van der Waals surface area contributed by atoms with Crippen LogP contribution in [0.3, 0.4) is 0 Å². The van der Waals surface area contributed by atoms with Crippen LogP contribution < -0.4 is 11.1 Å². The van der Waals surface area contributed by atoms with Gasteiger partial charge in [0.15, 0.2) is 9.84 Å². The van der Waals surface area contributed by atoms with Crippen molar-refractivity contribution in [2.45, 2.75) is 6.42 Å². The van der Waals surface area contributed by atoms with E-state index >= 15 is 0 Å². The van der Waals surface area contributed by atoms with Gasteiger partial charge >= 0.3 is 0 Å². The fourth-order valence-electron chi connectivity index (χ4n) is 1.43. The van der Waals surface area contributed by atoms with Crippen molar-refractivity contribution < 1.29 is 13.2 Å². The number of hydrogen-bond donors (Lipinski definition) is 2. The molecule has 1 unspecified atom stereocenters. The van der Waals surface area contributed by atoms with Gasteiger partial charge in [-0.2, -0.15) is 0 Å². The third-order valence-corrected chi connectivity index (χ3v) is 3.90. The molecule has 1 saturated heterocycles. The van der Waals surface area contributed by atoms with Crippen LogP contribution in [-0.2, 0) is 14.6 Å². The Balaban J connectivity index is 2.22. The summed E-state index contributed by atoms with van der Waals surface area (Å²) in [6.07, 6.45) is 0.689. The summed E-state index contributed by atoms with van der Waals surface area (Å²) in [4.78, 5) is 10.3. The maximum Gasteiger partial charge on any atom is 0.231 e. The molecule has 0 spiro atoms. The summed E-state index contributed by atoms with van der Waals surface area (Å²) < 4.78 is 22.0. The summed E-state index contributed by atoms with van der Waals surface area (Å²) in [6, 6.07) is 0. The molecule has 0 aromatic rings. The molecule has 6 heteroatoms. The van der Waals surface area contributed by atoms with Crippen molar-refractivity contribution in [3.63, 3.8) is 0 Å². The smallest absolute Gasteiger partial charge is 0.231 e. The molecule has 5 nitrogen and oxygen atoms in total. The van der Waals surface area contributed by atoms with E-state index in [1.807, 2.05) is 0 Å². The Hall–Kier alpha value is -0.620. The Morgan fingerprint density at radius 1 is 1.54 bits per heavy atom. The number of sulfone groups is 1. The molecule has 1 rings (SSSR count). The number of carbonyl (C=O) groups excluding carboxylic acids is 1. The topological polar surface area (TPSA) is 89.3 Å². The Morgan fingerprint density at radius 2 is 2.23 bits per heavy atom. The molecule has 0 aromatic heterocycles. The van der Waals surface area contributed by atoms with Crippen molar-refractivity contribution in [2.24, 2.45) is 11.7 Å². The molecular formula is C7H14N2O3S. The fourth-order valence-corrected chi connectivity index (χ4v) is 3.29. The highest BCUT2D eigenvalue weighted by atomic mass is 32.2. The summed E-state index contributed by atoms with van der Waals surface area (Å²) in [5, 5.41) is 2.83. The van der Waals surface area contributed by atoms with Crippen molar-refractivity contribution in [2.75, 3.05) is 24.6 Å². The van der Waals surface area contributed by atoms with E-state index in [0.717, 1.165) is 0 Å². The van der Waals surface area contributed by atoms with E-state index in [4.69, 9.17) is 5.73 Å². The van der Waals surface area contributed by atoms with Gasteiger partial charge in [0, 0.05) is 0 Å². The van der Waals surface area contributed by atoms with Gasteiger partial charge in [-0.15, -0.1) is 0 Å². The molecule has 1 aliphatic heterocycles. The van der Waals surface area contributed by atoms with E-state index in [9.17, 15) is 13.2 Å². The molecule has 13 heavy (non-hydrogen) atoms. The minimum atomic E-state index is -2.80. The summed E-state index contributed by atoms with van der Waals surface area (Å²) in [5.74, 6) is 0.236. The number of hydrogen-bond acceptors (Lipinski definition) is 4. The number of amides is 1. The van der Waals surface area contributed by atoms with Gasteiger partial charge in [0.25, 0.3) is 0 Å². The fraction of sp³-hybridized carbons (Fsp3) is 0.857. The van der Waals surface area contributed by atoms with Crippen LogP contribution in [0, 0.1) is 5.92 Å². The molecule has 76 valence electrons. The highest BCUT2D eigenvalue weighted by Crippen LogP contribution is 2.16. The second-order valence-electron chi connectivity index (χ2n) is 3.37. The van der Waals surface area contributed by atoms with Crippen LogP contribution in [0.1, 0.15) is 6.42 Å². The average molecular weight is 206 g/mol. The van der Waals surface area contributed by atoms with E-state index in [2.05, 4.69) is 5.32 Å². The minimum absolute atomic E-state index is 0.122. The first-order valence-electron chi connectivity index (χ1n) is 4.19. The zero-order valence-corrected chi connectivity index (χ0v) is 8.14. The van der Waals surface area contributed by atoms with E-state index in [-0.39, 0.29) is 24.0 Å². The Labute approximate surface area is 77.6 Å². The zero-order chi connectivity index (χ0) is 9.90. The summed E-state index contributed by atoms with van der Waals surface area (Å²) in [7, 11) is -2.80. The predicted octanol–water partition coefficient (Wildman–Crippen LogP) is -1.50. The third kappa shape index (κ3) is 3.73. The quantitative estimate of drug-likeness (QED) is 0.585. The van der Waals surface area contributed by atoms with E-state index in [1.54, 1.807) is 0 Å². The van der Waals surface area contributed by atoms with Crippen LogP contribution >= 0.6 is 0 Å². The van der Waals surface area contributed by atoms with Gasteiger partial charge in [-0.1, -0.05) is 0 Å². The summed E-state index contributed by atoms with van der Waals surface area (Å²) in [6.45, 7) is 0.679. The van der Waals surface area contributed by atoms with E-state index in [0.29, 0.717) is 13.0 Å². The lowest BCUT2D eigenvalue weighted by molar-refractivity contribution is -0.117. The molecule has 0 aliphatic carbocycles. The normalized spacial score (nSPS) is 26.0. The van der Waals surface area contributed by atoms with Gasteiger partial charge in [0.1, 0.15) is 0 Å². The number of nitrogens with one attached hydrogen (secondary N) is 1.